The Morgan fingerprint density at radius 3 is 0.821 bits per heavy atom. The van der Waals surface area contributed by atoms with E-state index in [-0.39, 0.29) is 0 Å². The topological polar surface area (TPSA) is 76.7 Å². The first-order valence-corrected chi connectivity index (χ1v) is 14.0. The van der Waals surface area contributed by atoms with Crippen molar-refractivity contribution in [1.82, 2.24) is 0 Å². The van der Waals surface area contributed by atoms with Gasteiger partial charge >= 0.3 is 70.6 Å². The highest BCUT2D eigenvalue weighted by Gasteiger charge is 3.04. The van der Waals surface area contributed by atoms with Crippen LogP contribution >= 0.6 is 0 Å². The van der Waals surface area contributed by atoms with Gasteiger partial charge in [-0.1, -0.05) is 12.1 Å². The Morgan fingerprint density at radius 1 is 0.393 bits per heavy atom. The van der Waals surface area contributed by atoms with Crippen molar-refractivity contribution >= 4 is 23.2 Å². The minimum atomic E-state index is -7.64. The van der Waals surface area contributed by atoms with Crippen molar-refractivity contribution in [2.24, 2.45) is 0 Å². The minimum absolute atomic E-state index is 0.331. The second-order valence-electron chi connectivity index (χ2n) is 11.8. The summed E-state index contributed by atoms with van der Waals surface area (Å²) in [7, 11) is 1.19. The van der Waals surface area contributed by atoms with Crippen molar-refractivity contribution in [3.05, 3.63) is 36.4 Å². The van der Waals surface area contributed by atoms with Crippen LogP contribution in [0.5, 0.6) is 11.5 Å². The van der Waals surface area contributed by atoms with Crippen molar-refractivity contribution in [3.8, 4) is 22.6 Å². The molecule has 2 aromatic carbocycles. The van der Waals surface area contributed by atoms with Crippen LogP contribution in [0.15, 0.2) is 36.4 Å². The summed E-state index contributed by atoms with van der Waals surface area (Å²) in [5.74, 6) is -85.6. The van der Waals surface area contributed by atoms with Crippen molar-refractivity contribution in [1.29, 1.82) is 0 Å². The second kappa shape index (κ2) is 12.0. The maximum Gasteiger partial charge on any atom is 0.384 e. The van der Waals surface area contributed by atoms with Crippen LogP contribution in [0.3, 0.4) is 0 Å². The number of methoxy groups -OCH3 is 2. The van der Waals surface area contributed by atoms with Crippen LogP contribution in [0.2, 0.25) is 0 Å². The molecule has 2 aromatic rings. The Morgan fingerprint density at radius 2 is 0.607 bits per heavy atom. The number of nitrogens with one attached hydrogen (secondary N) is 2. The van der Waals surface area contributed by atoms with Gasteiger partial charge < -0.3 is 20.1 Å². The molecule has 0 heterocycles. The first-order valence-electron chi connectivity index (χ1n) is 14.0. The van der Waals surface area contributed by atoms with E-state index in [4.69, 9.17) is 0 Å². The summed E-state index contributed by atoms with van der Waals surface area (Å²) < 4.78 is 319. The molecule has 314 valence electrons. The molecule has 2 N–H and O–H groups in total. The van der Waals surface area contributed by atoms with E-state index in [1.165, 1.54) is 0 Å². The molecule has 2 aliphatic carbocycles. The summed E-state index contributed by atoms with van der Waals surface area (Å²) in [6, 6.07) is 2.94. The fourth-order valence-corrected chi connectivity index (χ4v) is 5.38. The van der Waals surface area contributed by atoms with Gasteiger partial charge in [0.2, 0.25) is 0 Å². The third-order valence-electron chi connectivity index (χ3n) is 8.74. The highest BCUT2D eigenvalue weighted by molar-refractivity contribution is 6.02. The number of hydrogen-bond donors (Lipinski definition) is 2. The smallest absolute Gasteiger partial charge is 0.384 e. The number of rotatable bonds is 7. The lowest BCUT2D eigenvalue weighted by Crippen LogP contribution is -2.86. The highest BCUT2D eigenvalue weighted by Crippen LogP contribution is 2.71. The highest BCUT2D eigenvalue weighted by atomic mass is 19.4. The van der Waals surface area contributed by atoms with Crippen LogP contribution in [0.25, 0.3) is 11.1 Å². The van der Waals surface area contributed by atoms with E-state index in [2.05, 4.69) is 9.47 Å². The Hall–Kier alpha value is -4.56. The zero-order valence-electron chi connectivity index (χ0n) is 26.4. The molecule has 0 aliphatic heterocycles. The number of hydrogen-bond acceptors (Lipinski definition) is 4. The quantitative estimate of drug-likeness (QED) is 0.273. The van der Waals surface area contributed by atoms with Crippen LogP contribution in [-0.4, -0.2) is 96.6 Å². The first kappa shape index (κ1) is 44.2. The molecule has 28 heteroatoms. The molecule has 0 unspecified atom stereocenters. The predicted molar refractivity (Wildman–Crippen MR) is 139 cm³/mol. The number of carbonyl (C=O) groups excluding carboxylic acids is 2. The monoisotopic (exact) mass is 860 g/mol. The molecule has 2 fully saturated rings. The number of alkyl halides is 22. The third-order valence-corrected chi connectivity index (χ3v) is 8.74. The average Bonchev–Trinajstić information content (AvgIpc) is 3.09. The zero-order chi connectivity index (χ0) is 43.7. The summed E-state index contributed by atoms with van der Waals surface area (Å²) in [6.07, 6.45) is 0. The molecule has 0 radical (unpaired) electrons. The van der Waals surface area contributed by atoms with Crippen LogP contribution in [0, 0.1) is 0 Å². The van der Waals surface area contributed by atoms with E-state index < -0.39 is 116 Å². The van der Waals surface area contributed by atoms with Gasteiger partial charge in [-0.3, -0.25) is 9.59 Å². The van der Waals surface area contributed by atoms with E-state index >= 15 is 8.78 Å². The zero-order valence-corrected chi connectivity index (χ0v) is 26.4. The van der Waals surface area contributed by atoms with Gasteiger partial charge in [-0.15, -0.1) is 0 Å². The Labute approximate surface area is 294 Å². The molecular weight excluding hydrogens is 846 g/mol. The number of benzene rings is 2. The Bertz CT molecular complexity index is 1750. The van der Waals surface area contributed by atoms with Crippen molar-refractivity contribution in [2.45, 2.75) is 70.6 Å². The molecule has 2 amide bonds. The standard InChI is InChI=1S/C28H14F22N2O4/c1-55-13-7-9(3-5-11(13)51-15(53)17(29)19(31,32)23(39,40)27(47,48)24(41,42)20(17,33)34)10-4-6-12(14(8-10)56-2)52-16(54)18(30)21(35,36)25(43,44)28(49,50)26(45,46)22(18,37)38/h3-8H,1-2H3,(H,51,53)(H,52,54). The first-order chi connectivity index (χ1) is 24.9. The molecule has 0 aromatic heterocycles. The van der Waals surface area contributed by atoms with Gasteiger partial charge in [0.25, 0.3) is 11.8 Å². The number of ether oxygens (including phenoxy) is 2. The van der Waals surface area contributed by atoms with Gasteiger partial charge in [0, 0.05) is 0 Å². The lowest BCUT2D eigenvalue weighted by Gasteiger charge is -2.51. The largest absolute Gasteiger partial charge is 0.495 e. The molecule has 0 spiro atoms. The summed E-state index contributed by atoms with van der Waals surface area (Å²) in [5, 5.41) is 1.58. The van der Waals surface area contributed by atoms with Gasteiger partial charge in [0.05, 0.1) is 25.6 Å². The summed E-state index contributed by atoms with van der Waals surface area (Å²) >= 11 is 0. The number of carbonyl (C=O) groups is 2. The van der Waals surface area contributed by atoms with E-state index in [9.17, 15) is 97.4 Å². The van der Waals surface area contributed by atoms with E-state index in [1.807, 2.05) is 0 Å². The van der Waals surface area contributed by atoms with Gasteiger partial charge in [-0.05, 0) is 35.4 Å². The van der Waals surface area contributed by atoms with E-state index in [1.54, 1.807) is 0 Å². The van der Waals surface area contributed by atoms with Crippen molar-refractivity contribution in [3.63, 3.8) is 0 Å². The SMILES string of the molecule is COc1cc(-c2ccc(NC(=O)C3(F)C(F)(F)C(F)(F)C(F)(F)C(F)(F)C3(F)F)c(OC)c2)ccc1NC(=O)C1(F)C(F)(F)C(F)(F)C(F)(F)C(F)(F)C1(F)F. The van der Waals surface area contributed by atoms with Gasteiger partial charge in [-0.2, -0.15) is 87.8 Å². The van der Waals surface area contributed by atoms with Crippen LogP contribution in [-0.2, 0) is 9.59 Å². The van der Waals surface area contributed by atoms with Crippen molar-refractivity contribution in [2.75, 3.05) is 24.9 Å². The normalized spacial score (nSPS) is 25.9. The van der Waals surface area contributed by atoms with Crippen LogP contribution in [0.1, 0.15) is 0 Å². The summed E-state index contributed by atoms with van der Waals surface area (Å²) in [6.45, 7) is 0. The molecule has 2 saturated carbocycles. The van der Waals surface area contributed by atoms with Crippen molar-refractivity contribution < 1.29 is 116 Å². The van der Waals surface area contributed by atoms with Crippen LogP contribution in [0.4, 0.5) is 108 Å². The maximum absolute atomic E-state index is 15.2. The molecule has 0 bridgehead atoms. The summed E-state index contributed by atoms with van der Waals surface area (Å²) in [4.78, 5) is 24.7. The fourth-order valence-electron chi connectivity index (χ4n) is 5.38. The van der Waals surface area contributed by atoms with Gasteiger partial charge in [0.1, 0.15) is 11.5 Å². The molecular formula is C28H14F22N2O4. The number of amides is 2. The molecule has 4 rings (SSSR count). The molecule has 56 heavy (non-hydrogen) atoms. The Kier molecular flexibility index (Phi) is 9.45. The number of halogens is 22. The third kappa shape index (κ3) is 4.68. The second-order valence-corrected chi connectivity index (χ2v) is 11.8. The Balaban J connectivity index is 1.71. The lowest BCUT2D eigenvalue weighted by molar-refractivity contribution is -0.475. The predicted octanol–water partition coefficient (Wildman–Crippen LogP) is 9.04. The van der Waals surface area contributed by atoms with Gasteiger partial charge in [0.15, 0.2) is 0 Å². The van der Waals surface area contributed by atoms with Crippen LogP contribution < -0.4 is 20.1 Å². The molecule has 0 saturated heterocycles. The minimum Gasteiger partial charge on any atom is -0.495 e. The molecule has 2 aliphatic rings. The van der Waals surface area contributed by atoms with Gasteiger partial charge in [-0.25, -0.2) is 8.78 Å². The average molecular weight is 860 g/mol. The maximum atomic E-state index is 15.2. The number of anilines is 2. The molecule has 0 atom stereocenters. The fraction of sp³-hybridized carbons (Fsp3) is 0.500. The molecule has 6 nitrogen and oxygen atoms in total. The van der Waals surface area contributed by atoms with E-state index in [0.717, 1.165) is 10.6 Å². The van der Waals surface area contributed by atoms with E-state index in [0.29, 0.717) is 50.6 Å². The summed E-state index contributed by atoms with van der Waals surface area (Å²) in [5.41, 5.74) is -17.7. The lowest BCUT2D eigenvalue weighted by atomic mass is 9.71.